The summed E-state index contributed by atoms with van der Waals surface area (Å²) in [6.07, 6.45) is 4.04. The molecule has 0 spiro atoms. The second kappa shape index (κ2) is 3.61. The van der Waals surface area contributed by atoms with E-state index in [1.807, 2.05) is 0 Å². The monoisotopic (exact) mass is 200 g/mol. The van der Waals surface area contributed by atoms with E-state index in [-0.39, 0.29) is 0 Å². The molecule has 2 aromatic rings. The van der Waals surface area contributed by atoms with Crippen molar-refractivity contribution in [3.63, 3.8) is 0 Å². The van der Waals surface area contributed by atoms with Crippen LogP contribution in [0, 0.1) is 0 Å². The molecule has 3 rings (SSSR count). The average molecular weight is 200 g/mol. The summed E-state index contributed by atoms with van der Waals surface area (Å²) in [6.45, 7) is 2.40. The quantitative estimate of drug-likeness (QED) is 0.749. The molecule has 15 heavy (non-hydrogen) atoms. The van der Waals surface area contributed by atoms with E-state index in [0.29, 0.717) is 0 Å². The second-order valence-electron chi connectivity index (χ2n) is 4.29. The van der Waals surface area contributed by atoms with Crippen LogP contribution < -0.4 is 4.90 Å². The summed E-state index contributed by atoms with van der Waals surface area (Å²) in [6, 6.07) is 10.7. The Morgan fingerprint density at radius 1 is 1.00 bits per heavy atom. The van der Waals surface area contributed by atoms with E-state index in [1.54, 1.807) is 0 Å². The number of aromatic amines is 1. The van der Waals surface area contributed by atoms with Crippen molar-refractivity contribution < 1.29 is 0 Å². The number of nitrogens with zero attached hydrogens (tertiary/aromatic N) is 1. The highest BCUT2D eigenvalue weighted by atomic mass is 15.2. The third-order valence-corrected chi connectivity index (χ3v) is 3.21. The van der Waals surface area contributed by atoms with Gasteiger partial charge in [0, 0.05) is 24.0 Å². The molecule has 2 heterocycles. The van der Waals surface area contributed by atoms with Gasteiger partial charge in [0.05, 0.1) is 0 Å². The van der Waals surface area contributed by atoms with Gasteiger partial charge < -0.3 is 9.88 Å². The minimum absolute atomic E-state index is 1.20. The van der Waals surface area contributed by atoms with E-state index in [0.717, 1.165) is 0 Å². The molecule has 0 atom stereocenters. The van der Waals surface area contributed by atoms with Gasteiger partial charge in [-0.05, 0) is 31.4 Å². The first-order valence-corrected chi connectivity index (χ1v) is 5.76. The molecule has 1 aliphatic heterocycles. The van der Waals surface area contributed by atoms with Crippen molar-refractivity contribution >= 4 is 16.7 Å². The normalized spacial score (nSPS) is 17.2. The minimum atomic E-state index is 1.20. The topological polar surface area (TPSA) is 19.0 Å². The van der Waals surface area contributed by atoms with Crippen LogP contribution >= 0.6 is 0 Å². The van der Waals surface area contributed by atoms with Gasteiger partial charge in [-0.1, -0.05) is 18.2 Å². The molecule has 0 unspecified atom stereocenters. The molecule has 0 bridgehead atoms. The highest BCUT2D eigenvalue weighted by Gasteiger charge is 2.12. The number of anilines is 1. The molecule has 1 aromatic heterocycles. The molecule has 1 aromatic carbocycles. The van der Waals surface area contributed by atoms with Crippen molar-refractivity contribution in [1.82, 2.24) is 4.98 Å². The van der Waals surface area contributed by atoms with Gasteiger partial charge in [-0.15, -0.1) is 0 Å². The average Bonchev–Trinajstić information content (AvgIpc) is 2.74. The summed E-state index contributed by atoms with van der Waals surface area (Å²) in [5.41, 5.74) is 1.25. The van der Waals surface area contributed by atoms with Crippen LogP contribution in [0.25, 0.3) is 10.9 Å². The fourth-order valence-electron chi connectivity index (χ4n) is 2.36. The summed E-state index contributed by atoms with van der Waals surface area (Å²) in [5.74, 6) is 1.29. The zero-order valence-corrected chi connectivity index (χ0v) is 8.87. The molecular formula is C13H16N2. The molecule has 0 radical (unpaired) electrons. The van der Waals surface area contributed by atoms with Crippen LogP contribution in [0.1, 0.15) is 19.3 Å². The first-order chi connectivity index (χ1) is 7.43. The number of rotatable bonds is 1. The molecule has 1 fully saturated rings. The first-order valence-electron chi connectivity index (χ1n) is 5.76. The Morgan fingerprint density at radius 2 is 1.80 bits per heavy atom. The molecule has 0 aliphatic carbocycles. The molecule has 1 aliphatic rings. The minimum Gasteiger partial charge on any atom is -0.358 e. The molecule has 1 saturated heterocycles. The number of para-hydroxylation sites is 1. The Labute approximate surface area is 89.9 Å². The highest BCUT2D eigenvalue weighted by Crippen LogP contribution is 2.23. The zero-order valence-electron chi connectivity index (χ0n) is 8.87. The molecule has 1 N–H and O–H groups in total. The van der Waals surface area contributed by atoms with Crippen molar-refractivity contribution in [2.45, 2.75) is 19.3 Å². The fourth-order valence-corrected chi connectivity index (χ4v) is 2.36. The van der Waals surface area contributed by atoms with Crippen molar-refractivity contribution in [3.05, 3.63) is 30.3 Å². The lowest BCUT2D eigenvalue weighted by Gasteiger charge is -2.27. The fraction of sp³-hybridized carbons (Fsp3) is 0.385. The number of fused-ring (bicyclic) bond motifs is 1. The Balaban J connectivity index is 1.96. The van der Waals surface area contributed by atoms with Gasteiger partial charge in [-0.2, -0.15) is 0 Å². The lowest BCUT2D eigenvalue weighted by Crippen LogP contribution is -2.29. The summed E-state index contributed by atoms with van der Waals surface area (Å²) in [5, 5.41) is 1.32. The zero-order chi connectivity index (χ0) is 10.1. The molecule has 78 valence electrons. The molecule has 0 amide bonds. The van der Waals surface area contributed by atoms with Crippen LogP contribution in [-0.4, -0.2) is 18.1 Å². The molecule has 2 heteroatoms. The van der Waals surface area contributed by atoms with Crippen molar-refractivity contribution in [2.75, 3.05) is 18.0 Å². The predicted octanol–water partition coefficient (Wildman–Crippen LogP) is 3.16. The standard InChI is InChI=1S/C13H16N2/c1-4-8-15(9-5-1)13-10-11-6-2-3-7-12(11)14-13/h2-3,6-7,10,14H,1,4-5,8-9H2. The number of aromatic nitrogens is 1. The third-order valence-electron chi connectivity index (χ3n) is 3.21. The number of piperidine rings is 1. The Morgan fingerprint density at radius 3 is 2.60 bits per heavy atom. The maximum Gasteiger partial charge on any atom is 0.106 e. The van der Waals surface area contributed by atoms with E-state index < -0.39 is 0 Å². The maximum absolute atomic E-state index is 3.49. The van der Waals surface area contributed by atoms with E-state index in [4.69, 9.17) is 0 Å². The van der Waals surface area contributed by atoms with Gasteiger partial charge >= 0.3 is 0 Å². The van der Waals surface area contributed by atoms with Gasteiger partial charge in [0.1, 0.15) is 5.82 Å². The largest absolute Gasteiger partial charge is 0.358 e. The Hall–Kier alpha value is -1.44. The van der Waals surface area contributed by atoms with Gasteiger partial charge in [-0.3, -0.25) is 0 Å². The Bertz CT molecular complexity index is 419. The van der Waals surface area contributed by atoms with Crippen molar-refractivity contribution in [2.24, 2.45) is 0 Å². The SMILES string of the molecule is c1ccc2[nH]c(N3CCCCC3)cc2c1. The van der Waals surface area contributed by atoms with Crippen LogP contribution in [-0.2, 0) is 0 Å². The van der Waals surface area contributed by atoms with Gasteiger partial charge in [0.15, 0.2) is 0 Å². The second-order valence-corrected chi connectivity index (χ2v) is 4.29. The summed E-state index contributed by atoms with van der Waals surface area (Å²) >= 11 is 0. The summed E-state index contributed by atoms with van der Waals surface area (Å²) < 4.78 is 0. The number of hydrogen-bond acceptors (Lipinski definition) is 1. The van der Waals surface area contributed by atoms with Crippen LogP contribution in [0.5, 0.6) is 0 Å². The summed E-state index contributed by atoms with van der Waals surface area (Å²) in [7, 11) is 0. The Kier molecular flexibility index (Phi) is 2.13. The van der Waals surface area contributed by atoms with Gasteiger partial charge in [0.2, 0.25) is 0 Å². The van der Waals surface area contributed by atoms with E-state index in [9.17, 15) is 0 Å². The number of benzene rings is 1. The molecule has 2 nitrogen and oxygen atoms in total. The smallest absolute Gasteiger partial charge is 0.106 e. The van der Waals surface area contributed by atoms with E-state index >= 15 is 0 Å². The lowest BCUT2D eigenvalue weighted by molar-refractivity contribution is 0.574. The van der Waals surface area contributed by atoms with Gasteiger partial charge in [0.25, 0.3) is 0 Å². The molecule has 0 saturated carbocycles. The van der Waals surface area contributed by atoms with E-state index in [2.05, 4.69) is 40.2 Å². The predicted molar refractivity (Wildman–Crippen MR) is 64.4 cm³/mol. The lowest BCUT2D eigenvalue weighted by atomic mass is 10.1. The van der Waals surface area contributed by atoms with Crippen molar-refractivity contribution in [1.29, 1.82) is 0 Å². The maximum atomic E-state index is 3.49. The number of H-pyrrole nitrogens is 1. The van der Waals surface area contributed by atoms with Crippen LogP contribution in [0.3, 0.4) is 0 Å². The number of nitrogens with one attached hydrogen (secondary N) is 1. The van der Waals surface area contributed by atoms with Crippen LogP contribution in [0.15, 0.2) is 30.3 Å². The summed E-state index contributed by atoms with van der Waals surface area (Å²) in [4.78, 5) is 5.95. The molecular weight excluding hydrogens is 184 g/mol. The number of hydrogen-bond donors (Lipinski definition) is 1. The van der Waals surface area contributed by atoms with Crippen LogP contribution in [0.2, 0.25) is 0 Å². The third kappa shape index (κ3) is 1.60. The first kappa shape index (κ1) is 8.84. The highest BCUT2D eigenvalue weighted by molar-refractivity contribution is 5.83. The van der Waals surface area contributed by atoms with E-state index in [1.165, 1.54) is 49.1 Å². The van der Waals surface area contributed by atoms with Crippen LogP contribution in [0.4, 0.5) is 5.82 Å². The van der Waals surface area contributed by atoms with Crippen molar-refractivity contribution in [3.8, 4) is 0 Å². The van der Waals surface area contributed by atoms with Gasteiger partial charge in [-0.25, -0.2) is 0 Å².